The van der Waals surface area contributed by atoms with Gasteiger partial charge in [0.25, 0.3) is 0 Å². The first-order valence-corrected chi connectivity index (χ1v) is 7.03. The molecule has 0 atom stereocenters. The summed E-state index contributed by atoms with van der Waals surface area (Å²) in [5.41, 5.74) is 0.825. The zero-order valence-electron chi connectivity index (χ0n) is 11.2. The van der Waals surface area contributed by atoms with Crippen LogP contribution in [0.3, 0.4) is 0 Å². The van der Waals surface area contributed by atoms with Gasteiger partial charge in [-0.05, 0) is 36.4 Å². The summed E-state index contributed by atoms with van der Waals surface area (Å²) < 4.78 is 11.2. The molecule has 0 fully saturated rings. The van der Waals surface area contributed by atoms with Gasteiger partial charge in [-0.25, -0.2) is 4.98 Å². The van der Waals surface area contributed by atoms with Crippen molar-refractivity contribution < 1.29 is 13.9 Å². The second-order valence-electron chi connectivity index (χ2n) is 4.19. The summed E-state index contributed by atoms with van der Waals surface area (Å²) >= 11 is 1.40. The van der Waals surface area contributed by atoms with Crippen molar-refractivity contribution >= 4 is 38.7 Å². The zero-order chi connectivity index (χ0) is 14.7. The molecule has 1 aromatic carbocycles. The predicted octanol–water partition coefficient (Wildman–Crippen LogP) is 3.55. The molecule has 106 valence electrons. The van der Waals surface area contributed by atoms with Crippen molar-refractivity contribution in [1.82, 2.24) is 4.98 Å². The van der Waals surface area contributed by atoms with Crippen LogP contribution in [-0.4, -0.2) is 18.0 Å². The number of nitrogens with one attached hydrogen (secondary N) is 1. The Morgan fingerprint density at radius 1 is 1.43 bits per heavy atom. The summed E-state index contributed by atoms with van der Waals surface area (Å²) in [6, 6.07) is 9.12. The van der Waals surface area contributed by atoms with Gasteiger partial charge in [0.15, 0.2) is 5.13 Å². The number of thiazole rings is 1. The number of aromatic nitrogens is 1. The Morgan fingerprint density at radius 3 is 3.10 bits per heavy atom. The van der Waals surface area contributed by atoms with E-state index in [0.717, 1.165) is 16.0 Å². The third-order valence-corrected chi connectivity index (χ3v) is 3.70. The summed E-state index contributed by atoms with van der Waals surface area (Å²) in [5, 5.41) is 3.28. The van der Waals surface area contributed by atoms with Crippen LogP contribution < -0.4 is 10.1 Å². The van der Waals surface area contributed by atoms with Crippen LogP contribution in [0.1, 0.15) is 5.76 Å². The van der Waals surface area contributed by atoms with Crippen molar-refractivity contribution in [2.24, 2.45) is 0 Å². The minimum atomic E-state index is -0.252. The molecule has 0 saturated heterocycles. The number of nitrogens with zero attached hydrogens (tertiary/aromatic N) is 1. The highest BCUT2D eigenvalue weighted by molar-refractivity contribution is 7.22. The van der Waals surface area contributed by atoms with Crippen molar-refractivity contribution in [1.29, 1.82) is 0 Å². The van der Waals surface area contributed by atoms with Gasteiger partial charge in [-0.1, -0.05) is 11.3 Å². The highest BCUT2D eigenvalue weighted by atomic mass is 32.1. The molecular formula is C15H12N2O3S. The van der Waals surface area contributed by atoms with E-state index in [1.54, 1.807) is 31.6 Å². The Bertz CT molecular complexity index is 790. The van der Waals surface area contributed by atoms with Crippen LogP contribution in [0.2, 0.25) is 0 Å². The van der Waals surface area contributed by atoms with Crippen LogP contribution in [0.4, 0.5) is 5.13 Å². The number of furan rings is 1. The molecule has 5 nitrogen and oxygen atoms in total. The molecule has 0 radical (unpaired) electrons. The average Bonchev–Trinajstić information content (AvgIpc) is 3.13. The van der Waals surface area contributed by atoms with Gasteiger partial charge < -0.3 is 9.15 Å². The molecule has 1 N–H and O–H groups in total. The quantitative estimate of drug-likeness (QED) is 0.748. The van der Waals surface area contributed by atoms with Crippen molar-refractivity contribution in [3.05, 3.63) is 48.4 Å². The number of ether oxygens (including phenoxy) is 1. The molecule has 3 rings (SSSR count). The summed E-state index contributed by atoms with van der Waals surface area (Å²) in [5.74, 6) is 1.14. The van der Waals surface area contributed by atoms with Gasteiger partial charge in [-0.15, -0.1) is 0 Å². The molecule has 0 aliphatic rings. The van der Waals surface area contributed by atoms with E-state index in [1.165, 1.54) is 17.4 Å². The van der Waals surface area contributed by atoms with E-state index >= 15 is 0 Å². The van der Waals surface area contributed by atoms with E-state index in [0.29, 0.717) is 10.9 Å². The molecule has 0 spiro atoms. The van der Waals surface area contributed by atoms with Gasteiger partial charge in [-0.2, -0.15) is 0 Å². The Hall–Kier alpha value is -2.60. The van der Waals surface area contributed by atoms with Crippen LogP contribution in [0.15, 0.2) is 47.1 Å². The number of hydrogen-bond donors (Lipinski definition) is 1. The average molecular weight is 300 g/mol. The summed E-state index contributed by atoms with van der Waals surface area (Å²) in [6.07, 6.45) is 4.57. The van der Waals surface area contributed by atoms with E-state index in [9.17, 15) is 4.79 Å². The lowest BCUT2D eigenvalue weighted by Gasteiger charge is -1.96. The molecule has 2 heterocycles. The van der Waals surface area contributed by atoms with Crippen LogP contribution in [0.25, 0.3) is 16.3 Å². The minimum absolute atomic E-state index is 0.252. The summed E-state index contributed by atoms with van der Waals surface area (Å²) in [7, 11) is 1.62. The lowest BCUT2D eigenvalue weighted by Crippen LogP contribution is -2.07. The maximum Gasteiger partial charge on any atom is 0.250 e. The number of hydrogen-bond acceptors (Lipinski definition) is 5. The molecule has 0 saturated carbocycles. The minimum Gasteiger partial charge on any atom is -0.497 e. The van der Waals surface area contributed by atoms with Gasteiger partial charge in [0, 0.05) is 6.08 Å². The molecule has 0 bridgehead atoms. The lowest BCUT2D eigenvalue weighted by molar-refractivity contribution is -0.111. The number of carbonyl (C=O) groups is 1. The molecule has 0 aliphatic carbocycles. The first-order chi connectivity index (χ1) is 10.2. The fourth-order valence-electron chi connectivity index (χ4n) is 1.78. The maximum atomic E-state index is 11.8. The summed E-state index contributed by atoms with van der Waals surface area (Å²) in [6.45, 7) is 0. The normalized spacial score (nSPS) is 11.1. The molecule has 0 aliphatic heterocycles. The largest absolute Gasteiger partial charge is 0.497 e. The van der Waals surface area contributed by atoms with Crippen LogP contribution in [-0.2, 0) is 4.79 Å². The fraction of sp³-hybridized carbons (Fsp3) is 0.0667. The SMILES string of the molecule is COc1ccc2nc(NC(=O)C=Cc3ccco3)sc2c1. The standard InChI is InChI=1S/C15H12N2O3S/c1-19-11-4-6-12-13(9-11)21-15(16-12)17-14(18)7-5-10-3-2-8-20-10/h2-9H,1H3,(H,16,17,18). The predicted molar refractivity (Wildman–Crippen MR) is 82.5 cm³/mol. The van der Waals surface area contributed by atoms with Gasteiger partial charge in [0.05, 0.1) is 23.6 Å². The first kappa shape index (κ1) is 13.4. The topological polar surface area (TPSA) is 64.4 Å². The third-order valence-electron chi connectivity index (χ3n) is 2.77. The van der Waals surface area contributed by atoms with Crippen molar-refractivity contribution in [2.45, 2.75) is 0 Å². The zero-order valence-corrected chi connectivity index (χ0v) is 12.0. The first-order valence-electron chi connectivity index (χ1n) is 6.22. The van der Waals surface area contributed by atoms with E-state index in [2.05, 4.69) is 10.3 Å². The smallest absolute Gasteiger partial charge is 0.250 e. The molecule has 1 amide bonds. The number of benzene rings is 1. The van der Waals surface area contributed by atoms with E-state index in [4.69, 9.17) is 9.15 Å². The van der Waals surface area contributed by atoms with Crippen LogP contribution in [0.5, 0.6) is 5.75 Å². The molecule has 0 unspecified atom stereocenters. The van der Waals surface area contributed by atoms with Crippen molar-refractivity contribution in [3.8, 4) is 5.75 Å². The van der Waals surface area contributed by atoms with Gasteiger partial charge in [0.1, 0.15) is 11.5 Å². The Morgan fingerprint density at radius 2 is 2.33 bits per heavy atom. The second-order valence-corrected chi connectivity index (χ2v) is 5.22. The molecule has 21 heavy (non-hydrogen) atoms. The highest BCUT2D eigenvalue weighted by Crippen LogP contribution is 2.29. The van der Waals surface area contributed by atoms with E-state index in [1.807, 2.05) is 18.2 Å². The Balaban J connectivity index is 1.73. The van der Waals surface area contributed by atoms with Crippen molar-refractivity contribution in [2.75, 3.05) is 12.4 Å². The van der Waals surface area contributed by atoms with Crippen LogP contribution >= 0.6 is 11.3 Å². The molecule has 6 heteroatoms. The number of rotatable bonds is 4. The summed E-state index contributed by atoms with van der Waals surface area (Å²) in [4.78, 5) is 16.2. The van der Waals surface area contributed by atoms with Gasteiger partial charge in [-0.3, -0.25) is 10.1 Å². The van der Waals surface area contributed by atoms with Gasteiger partial charge in [0.2, 0.25) is 5.91 Å². The maximum absolute atomic E-state index is 11.8. The Labute approximate surface area is 124 Å². The monoisotopic (exact) mass is 300 g/mol. The number of fused-ring (bicyclic) bond motifs is 1. The van der Waals surface area contributed by atoms with E-state index in [-0.39, 0.29) is 5.91 Å². The van der Waals surface area contributed by atoms with E-state index < -0.39 is 0 Å². The highest BCUT2D eigenvalue weighted by Gasteiger charge is 2.07. The van der Waals surface area contributed by atoms with Crippen LogP contribution in [0, 0.1) is 0 Å². The molecular weight excluding hydrogens is 288 g/mol. The fourth-order valence-corrected chi connectivity index (χ4v) is 2.67. The molecule has 3 aromatic rings. The molecule has 2 aromatic heterocycles. The third kappa shape index (κ3) is 3.11. The van der Waals surface area contributed by atoms with Gasteiger partial charge >= 0.3 is 0 Å². The number of methoxy groups -OCH3 is 1. The second kappa shape index (κ2) is 5.80. The van der Waals surface area contributed by atoms with Crippen molar-refractivity contribution in [3.63, 3.8) is 0 Å². The number of carbonyl (C=O) groups excluding carboxylic acids is 1. The lowest BCUT2D eigenvalue weighted by atomic mass is 10.3. The number of anilines is 1. The number of amides is 1. The Kier molecular flexibility index (Phi) is 3.70.